The lowest BCUT2D eigenvalue weighted by Crippen LogP contribution is -2.36. The number of hydrogen-bond acceptors (Lipinski definition) is 4. The second kappa shape index (κ2) is 4.85. The summed E-state index contributed by atoms with van der Waals surface area (Å²) in [6, 6.07) is 8.60. The Morgan fingerprint density at radius 1 is 1.30 bits per heavy atom. The van der Waals surface area contributed by atoms with Crippen molar-refractivity contribution in [2.24, 2.45) is 0 Å². The van der Waals surface area contributed by atoms with E-state index in [0.29, 0.717) is 12.2 Å². The molecule has 20 heavy (non-hydrogen) atoms. The maximum atomic E-state index is 12.6. The van der Waals surface area contributed by atoms with Crippen molar-refractivity contribution in [3.05, 3.63) is 47.8 Å². The van der Waals surface area contributed by atoms with Crippen LogP contribution >= 0.6 is 0 Å². The van der Waals surface area contributed by atoms with Crippen molar-refractivity contribution in [1.29, 1.82) is 0 Å². The Hall–Kier alpha value is -2.56. The SMILES string of the molecule is Nc1cccc2c1CCCN2C(=O)c1ncccc1O. The van der Waals surface area contributed by atoms with E-state index in [1.165, 1.54) is 12.3 Å². The Kier molecular flexibility index (Phi) is 3.02. The molecular formula is C15H15N3O2. The molecule has 5 heteroatoms. The highest BCUT2D eigenvalue weighted by Crippen LogP contribution is 2.32. The lowest BCUT2D eigenvalue weighted by atomic mass is 9.99. The maximum absolute atomic E-state index is 12.6. The van der Waals surface area contributed by atoms with Crippen LogP contribution in [0.15, 0.2) is 36.5 Å². The molecule has 0 spiro atoms. The molecule has 1 amide bonds. The van der Waals surface area contributed by atoms with Crippen molar-refractivity contribution >= 4 is 17.3 Å². The first kappa shape index (κ1) is 12.5. The quantitative estimate of drug-likeness (QED) is 0.776. The molecule has 0 bridgehead atoms. The number of hydrogen-bond donors (Lipinski definition) is 2. The van der Waals surface area contributed by atoms with E-state index in [9.17, 15) is 9.90 Å². The Balaban J connectivity index is 2.03. The second-order valence-electron chi connectivity index (χ2n) is 4.78. The first-order chi connectivity index (χ1) is 9.68. The van der Waals surface area contributed by atoms with E-state index in [2.05, 4.69) is 4.98 Å². The Labute approximate surface area is 116 Å². The molecule has 1 aliphatic rings. The molecule has 0 fully saturated rings. The molecule has 3 N–H and O–H groups in total. The van der Waals surface area contributed by atoms with Gasteiger partial charge in [0.25, 0.3) is 5.91 Å². The molecule has 0 saturated carbocycles. The molecule has 102 valence electrons. The zero-order valence-corrected chi connectivity index (χ0v) is 10.9. The molecule has 1 aromatic heterocycles. The van der Waals surface area contributed by atoms with E-state index in [1.807, 2.05) is 18.2 Å². The Bertz CT molecular complexity index is 670. The monoisotopic (exact) mass is 269 g/mol. The number of aromatic hydroxyl groups is 1. The maximum Gasteiger partial charge on any atom is 0.280 e. The summed E-state index contributed by atoms with van der Waals surface area (Å²) >= 11 is 0. The predicted molar refractivity (Wildman–Crippen MR) is 76.8 cm³/mol. The third-order valence-electron chi connectivity index (χ3n) is 3.52. The summed E-state index contributed by atoms with van der Waals surface area (Å²) in [6.45, 7) is 0.602. The van der Waals surface area contributed by atoms with Gasteiger partial charge in [-0.15, -0.1) is 0 Å². The number of benzene rings is 1. The topological polar surface area (TPSA) is 79.5 Å². The molecule has 1 aliphatic heterocycles. The summed E-state index contributed by atoms with van der Waals surface area (Å²) in [7, 11) is 0. The molecule has 0 radical (unpaired) electrons. The molecule has 0 atom stereocenters. The van der Waals surface area contributed by atoms with Gasteiger partial charge < -0.3 is 15.7 Å². The van der Waals surface area contributed by atoms with Crippen LogP contribution in [0, 0.1) is 0 Å². The number of carbonyl (C=O) groups is 1. The van der Waals surface area contributed by atoms with Gasteiger partial charge in [0.2, 0.25) is 0 Å². The Morgan fingerprint density at radius 3 is 2.95 bits per heavy atom. The van der Waals surface area contributed by atoms with Gasteiger partial charge in [0.05, 0.1) is 0 Å². The molecule has 2 heterocycles. The first-order valence-corrected chi connectivity index (χ1v) is 6.51. The van der Waals surface area contributed by atoms with Gasteiger partial charge in [-0.25, -0.2) is 4.98 Å². The molecule has 1 aromatic carbocycles. The molecule has 0 saturated heterocycles. The summed E-state index contributed by atoms with van der Waals surface area (Å²) in [4.78, 5) is 18.2. The zero-order chi connectivity index (χ0) is 14.1. The van der Waals surface area contributed by atoms with Gasteiger partial charge in [-0.1, -0.05) is 6.07 Å². The van der Waals surface area contributed by atoms with E-state index in [4.69, 9.17) is 5.73 Å². The second-order valence-corrected chi connectivity index (χ2v) is 4.78. The van der Waals surface area contributed by atoms with Crippen LogP contribution < -0.4 is 10.6 Å². The minimum absolute atomic E-state index is 0.0720. The van der Waals surface area contributed by atoms with Crippen LogP contribution in [0.3, 0.4) is 0 Å². The lowest BCUT2D eigenvalue weighted by molar-refractivity contribution is 0.0977. The molecule has 5 nitrogen and oxygen atoms in total. The average molecular weight is 269 g/mol. The molecule has 0 aliphatic carbocycles. The van der Waals surface area contributed by atoms with E-state index < -0.39 is 0 Å². The number of amides is 1. The van der Waals surface area contributed by atoms with Gasteiger partial charge in [-0.05, 0) is 42.7 Å². The summed E-state index contributed by atoms with van der Waals surface area (Å²) in [5.74, 6) is -0.400. The molecule has 3 rings (SSSR count). The van der Waals surface area contributed by atoms with Crippen LogP contribution in [-0.4, -0.2) is 22.5 Å². The number of nitrogen functional groups attached to an aromatic ring is 1. The van der Waals surface area contributed by atoms with Crippen LogP contribution in [0.1, 0.15) is 22.5 Å². The van der Waals surface area contributed by atoms with Crippen molar-refractivity contribution in [1.82, 2.24) is 4.98 Å². The predicted octanol–water partition coefficient (Wildman–Crippen LogP) is 1.96. The van der Waals surface area contributed by atoms with Crippen LogP contribution in [0.25, 0.3) is 0 Å². The van der Waals surface area contributed by atoms with Crippen molar-refractivity contribution in [2.45, 2.75) is 12.8 Å². The number of anilines is 2. The molecule has 0 unspecified atom stereocenters. The van der Waals surface area contributed by atoms with Crippen molar-refractivity contribution in [2.75, 3.05) is 17.2 Å². The largest absolute Gasteiger partial charge is 0.505 e. The van der Waals surface area contributed by atoms with Gasteiger partial charge >= 0.3 is 0 Å². The van der Waals surface area contributed by atoms with Crippen molar-refractivity contribution in [3.63, 3.8) is 0 Å². The number of nitrogens with two attached hydrogens (primary N) is 1. The normalized spacial score (nSPS) is 13.9. The van der Waals surface area contributed by atoms with E-state index in [1.54, 1.807) is 11.0 Å². The fourth-order valence-electron chi connectivity index (χ4n) is 2.55. The minimum atomic E-state index is -0.297. The fourth-order valence-corrected chi connectivity index (χ4v) is 2.55. The summed E-state index contributed by atoms with van der Waals surface area (Å²) < 4.78 is 0. The van der Waals surface area contributed by atoms with Gasteiger partial charge in [0, 0.05) is 24.1 Å². The van der Waals surface area contributed by atoms with Gasteiger partial charge in [0.1, 0.15) is 5.75 Å². The third kappa shape index (κ3) is 1.97. The highest BCUT2D eigenvalue weighted by atomic mass is 16.3. The summed E-state index contributed by atoms with van der Waals surface area (Å²) in [6.07, 6.45) is 3.21. The molecule has 2 aromatic rings. The van der Waals surface area contributed by atoms with Crippen molar-refractivity contribution in [3.8, 4) is 5.75 Å². The van der Waals surface area contributed by atoms with Gasteiger partial charge in [0.15, 0.2) is 5.69 Å². The minimum Gasteiger partial charge on any atom is -0.505 e. The standard InChI is InChI=1S/C15H15N3O2/c16-11-5-1-6-12-10(11)4-3-9-18(12)15(20)14-13(19)7-2-8-17-14/h1-2,5-8,19H,3-4,9,16H2. The van der Waals surface area contributed by atoms with Crippen molar-refractivity contribution < 1.29 is 9.90 Å². The molecular weight excluding hydrogens is 254 g/mol. The number of carbonyl (C=O) groups excluding carboxylic acids is 1. The average Bonchev–Trinajstić information content (AvgIpc) is 2.47. The van der Waals surface area contributed by atoms with Crippen LogP contribution in [0.2, 0.25) is 0 Å². The van der Waals surface area contributed by atoms with E-state index >= 15 is 0 Å². The van der Waals surface area contributed by atoms with Crippen LogP contribution in [0.5, 0.6) is 5.75 Å². The number of pyridine rings is 1. The van der Waals surface area contributed by atoms with Crippen LogP contribution in [-0.2, 0) is 6.42 Å². The van der Waals surface area contributed by atoms with E-state index in [-0.39, 0.29) is 17.4 Å². The number of aromatic nitrogens is 1. The summed E-state index contributed by atoms with van der Waals surface area (Å²) in [5, 5.41) is 9.78. The Morgan fingerprint density at radius 2 is 2.15 bits per heavy atom. The number of nitrogens with zero attached hydrogens (tertiary/aromatic N) is 2. The lowest BCUT2D eigenvalue weighted by Gasteiger charge is -2.30. The first-order valence-electron chi connectivity index (χ1n) is 6.51. The number of rotatable bonds is 1. The zero-order valence-electron chi connectivity index (χ0n) is 10.9. The van der Waals surface area contributed by atoms with E-state index in [0.717, 1.165) is 24.1 Å². The highest BCUT2D eigenvalue weighted by Gasteiger charge is 2.26. The van der Waals surface area contributed by atoms with Crippen LogP contribution in [0.4, 0.5) is 11.4 Å². The summed E-state index contributed by atoms with van der Waals surface area (Å²) in [5.41, 5.74) is 8.54. The van der Waals surface area contributed by atoms with Gasteiger partial charge in [-0.3, -0.25) is 4.79 Å². The third-order valence-corrected chi connectivity index (χ3v) is 3.52. The smallest absolute Gasteiger partial charge is 0.280 e. The fraction of sp³-hybridized carbons (Fsp3) is 0.200. The van der Waals surface area contributed by atoms with Gasteiger partial charge in [-0.2, -0.15) is 0 Å². The highest BCUT2D eigenvalue weighted by molar-refractivity contribution is 6.07. The number of fused-ring (bicyclic) bond motifs is 1.